The second-order valence-electron chi connectivity index (χ2n) is 8.97. The largest absolute Gasteiger partial charge is 0.478 e. The van der Waals surface area contributed by atoms with Gasteiger partial charge < -0.3 is 19.5 Å². The molecule has 1 atom stereocenters. The molecule has 0 aliphatic rings. The van der Waals surface area contributed by atoms with E-state index < -0.39 is 35.4 Å². The van der Waals surface area contributed by atoms with E-state index in [0.29, 0.717) is 5.56 Å². The fourth-order valence-corrected chi connectivity index (χ4v) is 4.15. The maximum atomic E-state index is 15.0. The minimum absolute atomic E-state index is 0.0493. The average Bonchev–Trinajstić information content (AvgIpc) is 3.39. The van der Waals surface area contributed by atoms with E-state index >= 15 is 4.39 Å². The van der Waals surface area contributed by atoms with Gasteiger partial charge in [0.2, 0.25) is 5.88 Å². The quantitative estimate of drug-likeness (QED) is 0.242. The van der Waals surface area contributed by atoms with Crippen LogP contribution in [-0.2, 0) is 17.5 Å². The van der Waals surface area contributed by atoms with Crippen molar-refractivity contribution in [1.82, 2.24) is 20.0 Å². The minimum Gasteiger partial charge on any atom is -0.478 e. The van der Waals surface area contributed by atoms with Gasteiger partial charge in [-0.3, -0.25) is 0 Å². The summed E-state index contributed by atoms with van der Waals surface area (Å²) in [6.07, 6.45) is -0.844. The first-order chi connectivity index (χ1) is 19.0. The summed E-state index contributed by atoms with van der Waals surface area (Å²) in [6.45, 7) is 3.52. The number of benzene rings is 2. The fraction of sp³-hybridized carbons (Fsp3) is 0.259. The highest BCUT2D eigenvalue weighted by atomic mass is 19.4. The monoisotopic (exact) mass is 559 g/mol. The van der Waals surface area contributed by atoms with Gasteiger partial charge in [-0.25, -0.2) is 14.2 Å². The van der Waals surface area contributed by atoms with Crippen LogP contribution >= 0.6 is 0 Å². The van der Waals surface area contributed by atoms with E-state index in [1.165, 1.54) is 59.7 Å². The number of halogens is 4. The lowest BCUT2D eigenvalue weighted by Gasteiger charge is -2.32. The van der Waals surface area contributed by atoms with E-state index in [-0.39, 0.29) is 41.4 Å². The van der Waals surface area contributed by atoms with E-state index in [9.17, 15) is 23.1 Å². The number of pyridine rings is 1. The van der Waals surface area contributed by atoms with E-state index in [4.69, 9.17) is 9.47 Å². The van der Waals surface area contributed by atoms with Crippen molar-refractivity contribution in [3.05, 3.63) is 89.1 Å². The van der Waals surface area contributed by atoms with Crippen LogP contribution in [0.4, 0.5) is 28.9 Å². The molecular formula is C27H25F4N5O4. The van der Waals surface area contributed by atoms with Crippen LogP contribution in [0.2, 0.25) is 0 Å². The lowest BCUT2D eigenvalue weighted by molar-refractivity contribution is -0.138. The van der Waals surface area contributed by atoms with E-state index in [0.717, 1.165) is 12.1 Å². The molecule has 13 heteroatoms. The van der Waals surface area contributed by atoms with Crippen molar-refractivity contribution >= 4 is 17.3 Å². The molecule has 0 saturated heterocycles. The van der Waals surface area contributed by atoms with Crippen molar-refractivity contribution in [2.75, 3.05) is 18.6 Å². The summed E-state index contributed by atoms with van der Waals surface area (Å²) in [7, 11) is 1.46. The summed E-state index contributed by atoms with van der Waals surface area (Å²) in [4.78, 5) is 18.8. The first-order valence-electron chi connectivity index (χ1n) is 12.0. The van der Waals surface area contributed by atoms with Crippen LogP contribution < -0.4 is 9.64 Å². The number of hydrogen-bond acceptors (Lipinski definition) is 7. The Morgan fingerprint density at radius 3 is 2.42 bits per heavy atom. The summed E-state index contributed by atoms with van der Waals surface area (Å²) in [5, 5.41) is 17.7. The maximum absolute atomic E-state index is 15.0. The van der Waals surface area contributed by atoms with E-state index in [1.807, 2.05) is 0 Å². The molecule has 2 aromatic carbocycles. The molecule has 2 heterocycles. The Balaban J connectivity index is 1.74. The number of ether oxygens (including phenoxy) is 2. The molecule has 1 N–H and O–H groups in total. The molecule has 0 unspecified atom stereocenters. The van der Waals surface area contributed by atoms with Gasteiger partial charge in [0.15, 0.2) is 0 Å². The number of aromatic carboxylic acids is 1. The highest BCUT2D eigenvalue weighted by Crippen LogP contribution is 2.39. The third kappa shape index (κ3) is 6.37. The molecule has 0 bridgehead atoms. The molecule has 0 radical (unpaired) electrons. The van der Waals surface area contributed by atoms with Crippen molar-refractivity contribution < 1.29 is 36.9 Å². The van der Waals surface area contributed by atoms with Gasteiger partial charge in [0.25, 0.3) is 0 Å². The first kappa shape index (κ1) is 28.5. The second kappa shape index (κ2) is 11.7. The van der Waals surface area contributed by atoms with Gasteiger partial charge in [-0.05, 0) is 61.4 Å². The Morgan fingerprint density at radius 2 is 1.80 bits per heavy atom. The molecule has 4 aromatic rings. The maximum Gasteiger partial charge on any atom is 0.421 e. The number of alkyl halides is 3. The number of aryl methyl sites for hydroxylation is 1. The van der Waals surface area contributed by atoms with Crippen molar-refractivity contribution in [2.24, 2.45) is 0 Å². The number of rotatable bonds is 10. The molecular weight excluding hydrogens is 534 g/mol. The zero-order valence-electron chi connectivity index (χ0n) is 21.7. The van der Waals surface area contributed by atoms with Crippen LogP contribution in [0.3, 0.4) is 0 Å². The van der Waals surface area contributed by atoms with Crippen LogP contribution in [0, 0.1) is 12.7 Å². The zero-order valence-corrected chi connectivity index (χ0v) is 21.7. The van der Waals surface area contributed by atoms with E-state index in [1.54, 1.807) is 19.9 Å². The van der Waals surface area contributed by atoms with Crippen molar-refractivity contribution in [1.29, 1.82) is 0 Å². The molecule has 0 saturated carbocycles. The number of aromatic nitrogens is 4. The average molecular weight is 560 g/mol. The van der Waals surface area contributed by atoms with Gasteiger partial charge in [0, 0.05) is 13.3 Å². The molecule has 9 nitrogen and oxygen atoms in total. The van der Waals surface area contributed by atoms with E-state index in [2.05, 4.69) is 15.2 Å². The second-order valence-corrected chi connectivity index (χ2v) is 8.97. The van der Waals surface area contributed by atoms with Crippen molar-refractivity contribution in [2.45, 2.75) is 32.6 Å². The number of carboxylic acids is 1. The summed E-state index contributed by atoms with van der Waals surface area (Å²) in [6, 6.07) is 8.58. The number of methoxy groups -OCH3 is 1. The molecule has 0 aliphatic carbocycles. The predicted molar refractivity (Wildman–Crippen MR) is 136 cm³/mol. The topological polar surface area (TPSA) is 103 Å². The summed E-state index contributed by atoms with van der Waals surface area (Å²) in [5.41, 5.74) is -0.429. The molecule has 0 fully saturated rings. The fourth-order valence-electron chi connectivity index (χ4n) is 4.15. The Morgan fingerprint density at radius 1 is 1.10 bits per heavy atom. The highest BCUT2D eigenvalue weighted by Gasteiger charge is 2.36. The zero-order chi connectivity index (χ0) is 29.0. The standard InChI is InChI=1S/C27H25F4N5O4/c1-16-4-6-24(22(28)10-16)36(17(2)15-39-3)23-7-5-19(12-20(23)26(37)38)40-25-21(27(29,30)31)11-18(13-32-25)14-35-33-8-9-34-35/h4-13,17H,14-15H2,1-3H3,(H,37,38)/t17-/m1/s1. The number of carbonyl (C=O) groups is 1. The molecule has 0 aliphatic heterocycles. The van der Waals surface area contributed by atoms with Gasteiger partial charge in [-0.1, -0.05) is 6.07 Å². The Kier molecular flexibility index (Phi) is 8.33. The predicted octanol–water partition coefficient (Wildman–Crippen LogP) is 5.85. The third-order valence-electron chi connectivity index (χ3n) is 5.89. The van der Waals surface area contributed by atoms with Gasteiger partial charge >= 0.3 is 12.1 Å². The Bertz CT molecular complexity index is 1500. The van der Waals surface area contributed by atoms with Crippen LogP contribution in [0.25, 0.3) is 0 Å². The molecule has 40 heavy (non-hydrogen) atoms. The molecule has 0 amide bonds. The van der Waals surface area contributed by atoms with Gasteiger partial charge in [0.1, 0.15) is 17.1 Å². The summed E-state index contributed by atoms with van der Waals surface area (Å²) < 4.78 is 67.4. The normalized spacial score (nSPS) is 12.3. The molecule has 4 rings (SSSR count). The highest BCUT2D eigenvalue weighted by molar-refractivity contribution is 5.96. The lowest BCUT2D eigenvalue weighted by Crippen LogP contribution is -2.34. The molecule has 2 aromatic heterocycles. The van der Waals surface area contributed by atoms with Crippen LogP contribution in [0.5, 0.6) is 11.6 Å². The number of anilines is 2. The van der Waals surface area contributed by atoms with Crippen LogP contribution in [0.15, 0.2) is 61.1 Å². The lowest BCUT2D eigenvalue weighted by atomic mass is 10.1. The Labute approximate surface area is 226 Å². The first-order valence-corrected chi connectivity index (χ1v) is 12.0. The number of nitrogens with zero attached hydrogens (tertiary/aromatic N) is 5. The van der Waals surface area contributed by atoms with Gasteiger partial charge in [0.05, 0.1) is 48.5 Å². The Hall–Kier alpha value is -4.52. The number of carboxylic acid groups (broad SMARTS) is 1. The smallest absolute Gasteiger partial charge is 0.421 e. The van der Waals surface area contributed by atoms with Crippen LogP contribution in [-0.4, -0.2) is 50.8 Å². The molecule has 0 spiro atoms. The third-order valence-corrected chi connectivity index (χ3v) is 5.89. The minimum atomic E-state index is -4.82. The van der Waals surface area contributed by atoms with Gasteiger partial charge in [-0.15, -0.1) is 0 Å². The summed E-state index contributed by atoms with van der Waals surface area (Å²) >= 11 is 0. The van der Waals surface area contributed by atoms with Crippen molar-refractivity contribution in [3.8, 4) is 11.6 Å². The van der Waals surface area contributed by atoms with Crippen LogP contribution in [0.1, 0.15) is 34.0 Å². The van der Waals surface area contributed by atoms with Gasteiger partial charge in [-0.2, -0.15) is 28.2 Å². The number of hydrogen-bond donors (Lipinski definition) is 1. The summed E-state index contributed by atoms with van der Waals surface area (Å²) in [5.74, 6) is -2.94. The SMILES string of the molecule is COC[C@@H](C)N(c1ccc(C)cc1F)c1ccc(Oc2ncc(Cn3nccn3)cc2C(F)(F)F)cc1C(=O)O. The van der Waals surface area contributed by atoms with Crippen molar-refractivity contribution in [3.63, 3.8) is 0 Å². The molecule has 210 valence electrons.